The lowest BCUT2D eigenvalue weighted by atomic mass is 9.86. The lowest BCUT2D eigenvalue weighted by Crippen LogP contribution is -2.28. The first-order valence-corrected chi connectivity index (χ1v) is 8.31. The first-order valence-electron chi connectivity index (χ1n) is 8.31. The van der Waals surface area contributed by atoms with Crippen LogP contribution in [0.2, 0.25) is 0 Å². The van der Waals surface area contributed by atoms with Crippen molar-refractivity contribution in [3.63, 3.8) is 0 Å². The van der Waals surface area contributed by atoms with Crippen LogP contribution in [-0.4, -0.2) is 22.8 Å². The van der Waals surface area contributed by atoms with Crippen molar-refractivity contribution in [2.75, 3.05) is 6.61 Å². The summed E-state index contributed by atoms with van der Waals surface area (Å²) in [5, 5.41) is 20.0. The van der Waals surface area contributed by atoms with Gasteiger partial charge in [-0.3, -0.25) is 4.79 Å². The summed E-state index contributed by atoms with van der Waals surface area (Å²) in [4.78, 5) is 11.3. The van der Waals surface area contributed by atoms with E-state index in [0.29, 0.717) is 18.8 Å². The average molecular weight is 326 g/mol. The van der Waals surface area contributed by atoms with E-state index < -0.39 is 18.0 Å². The summed E-state index contributed by atoms with van der Waals surface area (Å²) in [5.41, 5.74) is 2.63. The van der Waals surface area contributed by atoms with Crippen LogP contribution in [0, 0.1) is 5.92 Å². The Balaban J connectivity index is 1.81. The first kappa shape index (κ1) is 16.5. The number of carbonyl (C=O) groups is 1. The highest BCUT2D eigenvalue weighted by atomic mass is 16.5. The fourth-order valence-electron chi connectivity index (χ4n) is 3.32. The van der Waals surface area contributed by atoms with Crippen LogP contribution in [0.1, 0.15) is 42.1 Å². The largest absolute Gasteiger partial charge is 0.493 e. The maximum absolute atomic E-state index is 11.3. The van der Waals surface area contributed by atoms with Gasteiger partial charge in [0, 0.05) is 11.5 Å². The number of carboxylic acid groups (broad SMARTS) is 1. The van der Waals surface area contributed by atoms with E-state index in [4.69, 9.17) is 4.74 Å². The molecule has 24 heavy (non-hydrogen) atoms. The van der Waals surface area contributed by atoms with E-state index in [-0.39, 0.29) is 5.92 Å². The molecule has 1 heterocycles. The number of carboxylic acids is 1. The number of hydrogen-bond donors (Lipinski definition) is 2. The van der Waals surface area contributed by atoms with Crippen molar-refractivity contribution in [1.29, 1.82) is 0 Å². The number of aliphatic hydroxyl groups excluding tert-OH is 1. The molecular weight excluding hydrogens is 304 g/mol. The molecule has 3 rings (SSSR count). The molecule has 0 radical (unpaired) electrons. The van der Waals surface area contributed by atoms with Crippen LogP contribution in [0.5, 0.6) is 5.75 Å². The van der Waals surface area contributed by atoms with Gasteiger partial charge < -0.3 is 14.9 Å². The molecular formula is C20H22O4. The third kappa shape index (κ3) is 3.29. The highest BCUT2D eigenvalue weighted by Crippen LogP contribution is 2.38. The van der Waals surface area contributed by atoms with E-state index in [1.165, 1.54) is 5.56 Å². The minimum atomic E-state index is -0.837. The van der Waals surface area contributed by atoms with Gasteiger partial charge in [-0.1, -0.05) is 49.4 Å². The molecule has 1 aliphatic rings. The molecule has 126 valence electrons. The second-order valence-corrected chi connectivity index (χ2v) is 6.30. The number of benzene rings is 2. The number of aliphatic hydroxyl groups is 1. The normalized spacial score (nSPS) is 20.8. The molecule has 2 N–H and O–H groups in total. The predicted octanol–water partition coefficient (Wildman–Crippen LogP) is 3.55. The molecule has 3 atom stereocenters. The zero-order chi connectivity index (χ0) is 17.1. The average Bonchev–Trinajstić information content (AvgIpc) is 2.59. The molecule has 0 aliphatic carbocycles. The smallest absolute Gasteiger partial charge is 0.310 e. The van der Waals surface area contributed by atoms with Crippen LogP contribution in [0.15, 0.2) is 48.5 Å². The second kappa shape index (κ2) is 7.05. The highest BCUT2D eigenvalue weighted by Gasteiger charge is 2.30. The van der Waals surface area contributed by atoms with E-state index in [9.17, 15) is 15.0 Å². The molecule has 0 amide bonds. The van der Waals surface area contributed by atoms with Crippen LogP contribution >= 0.6 is 0 Å². The molecule has 4 nitrogen and oxygen atoms in total. The highest BCUT2D eigenvalue weighted by molar-refractivity contribution is 5.76. The lowest BCUT2D eigenvalue weighted by Gasteiger charge is -2.31. The van der Waals surface area contributed by atoms with E-state index in [1.54, 1.807) is 18.2 Å². The number of rotatable bonds is 5. The fraction of sp³-hybridized carbons (Fsp3) is 0.350. The van der Waals surface area contributed by atoms with Gasteiger partial charge in [0.2, 0.25) is 0 Å². The quantitative estimate of drug-likeness (QED) is 0.882. The Morgan fingerprint density at radius 3 is 2.67 bits per heavy atom. The third-order valence-corrected chi connectivity index (χ3v) is 4.71. The fourth-order valence-corrected chi connectivity index (χ4v) is 3.32. The van der Waals surface area contributed by atoms with Gasteiger partial charge in [0.15, 0.2) is 0 Å². The van der Waals surface area contributed by atoms with Gasteiger partial charge in [-0.15, -0.1) is 0 Å². The summed E-state index contributed by atoms with van der Waals surface area (Å²) in [7, 11) is 0. The van der Waals surface area contributed by atoms with Gasteiger partial charge in [-0.05, 0) is 30.0 Å². The number of fused-ring (bicyclic) bond motifs is 1. The summed E-state index contributed by atoms with van der Waals surface area (Å²) in [6.07, 6.45) is 0.663. The number of ether oxygens (including phenoxy) is 1. The van der Waals surface area contributed by atoms with Gasteiger partial charge in [-0.2, -0.15) is 0 Å². The molecule has 1 aliphatic heterocycles. The van der Waals surface area contributed by atoms with E-state index in [1.807, 2.05) is 37.3 Å². The van der Waals surface area contributed by atoms with Crippen molar-refractivity contribution < 1.29 is 19.7 Å². The Kier molecular flexibility index (Phi) is 4.86. The molecule has 0 aromatic heterocycles. The Labute approximate surface area is 141 Å². The second-order valence-electron chi connectivity index (χ2n) is 6.30. The van der Waals surface area contributed by atoms with E-state index >= 15 is 0 Å². The summed E-state index contributed by atoms with van der Waals surface area (Å²) in [5.74, 6) is -0.787. The topological polar surface area (TPSA) is 66.8 Å². The van der Waals surface area contributed by atoms with Crippen molar-refractivity contribution >= 4 is 5.97 Å². The predicted molar refractivity (Wildman–Crippen MR) is 91.2 cm³/mol. The van der Waals surface area contributed by atoms with E-state index in [0.717, 1.165) is 17.5 Å². The van der Waals surface area contributed by atoms with Crippen LogP contribution in [-0.2, 0) is 11.2 Å². The summed E-state index contributed by atoms with van der Waals surface area (Å²) < 4.78 is 5.84. The SMILES string of the molecule is CCC(C(=O)O)c1ccc2c(c1)OC[C@H](Cc1ccccc1)[C@@H]2O. The third-order valence-electron chi connectivity index (χ3n) is 4.71. The molecule has 0 bridgehead atoms. The van der Waals surface area contributed by atoms with Crippen LogP contribution < -0.4 is 4.74 Å². The standard InChI is InChI=1S/C20H22O4/c1-2-16(20(22)23)14-8-9-17-18(11-14)24-12-15(19(17)21)10-13-6-4-3-5-7-13/h3-9,11,15-16,19,21H,2,10,12H2,1H3,(H,22,23)/t15-,16?,19-/m0/s1. The molecule has 2 aromatic carbocycles. The monoisotopic (exact) mass is 326 g/mol. The molecule has 2 aromatic rings. The minimum absolute atomic E-state index is 0.00723. The van der Waals surface area contributed by atoms with Crippen molar-refractivity contribution in [2.45, 2.75) is 31.8 Å². The molecule has 0 spiro atoms. The maximum Gasteiger partial charge on any atom is 0.310 e. The molecule has 4 heteroatoms. The molecule has 0 saturated carbocycles. The summed E-state index contributed by atoms with van der Waals surface area (Å²) in [6, 6.07) is 15.4. The maximum atomic E-state index is 11.3. The first-order chi connectivity index (χ1) is 11.6. The molecule has 0 saturated heterocycles. The van der Waals surface area contributed by atoms with Gasteiger partial charge >= 0.3 is 5.97 Å². The van der Waals surface area contributed by atoms with Crippen molar-refractivity contribution in [2.24, 2.45) is 5.92 Å². The van der Waals surface area contributed by atoms with Gasteiger partial charge in [0.05, 0.1) is 18.6 Å². The summed E-state index contributed by atoms with van der Waals surface area (Å²) >= 11 is 0. The lowest BCUT2D eigenvalue weighted by molar-refractivity contribution is -0.138. The van der Waals surface area contributed by atoms with E-state index in [2.05, 4.69) is 0 Å². The zero-order valence-corrected chi connectivity index (χ0v) is 13.7. The van der Waals surface area contributed by atoms with Crippen LogP contribution in [0.4, 0.5) is 0 Å². The number of aliphatic carboxylic acids is 1. The van der Waals surface area contributed by atoms with Gasteiger partial charge in [0.25, 0.3) is 0 Å². The Bertz CT molecular complexity index is 711. The minimum Gasteiger partial charge on any atom is -0.493 e. The summed E-state index contributed by atoms with van der Waals surface area (Å²) in [6.45, 7) is 2.28. The van der Waals surface area contributed by atoms with Crippen LogP contribution in [0.25, 0.3) is 0 Å². The Morgan fingerprint density at radius 1 is 1.25 bits per heavy atom. The molecule has 0 fully saturated rings. The van der Waals surface area contributed by atoms with Crippen molar-refractivity contribution in [3.05, 3.63) is 65.2 Å². The zero-order valence-electron chi connectivity index (χ0n) is 13.7. The molecule has 1 unspecified atom stereocenters. The Morgan fingerprint density at radius 2 is 2.00 bits per heavy atom. The number of hydrogen-bond acceptors (Lipinski definition) is 3. The Hall–Kier alpha value is -2.33. The van der Waals surface area contributed by atoms with Crippen LogP contribution in [0.3, 0.4) is 0 Å². The van der Waals surface area contributed by atoms with Gasteiger partial charge in [-0.25, -0.2) is 0 Å². The van der Waals surface area contributed by atoms with Gasteiger partial charge in [0.1, 0.15) is 5.75 Å². The van der Waals surface area contributed by atoms with Crippen molar-refractivity contribution in [3.8, 4) is 5.75 Å². The van der Waals surface area contributed by atoms with Crippen molar-refractivity contribution in [1.82, 2.24) is 0 Å².